The second kappa shape index (κ2) is 5.23. The molecule has 0 aliphatic heterocycles. The molecule has 0 fully saturated rings. The van der Waals surface area contributed by atoms with Gasteiger partial charge in [-0.1, -0.05) is 35.5 Å². The van der Waals surface area contributed by atoms with E-state index in [1.807, 2.05) is 6.07 Å². The molecule has 0 radical (unpaired) electrons. The van der Waals surface area contributed by atoms with E-state index >= 15 is 0 Å². The summed E-state index contributed by atoms with van der Waals surface area (Å²) in [6.45, 7) is 0. The second-order valence-corrected chi connectivity index (χ2v) is 5.37. The molecule has 2 aromatic carbocycles. The predicted octanol–water partition coefficient (Wildman–Crippen LogP) is 4.91. The average Bonchev–Trinajstić information content (AvgIpc) is 2.80. The van der Waals surface area contributed by atoms with Crippen molar-refractivity contribution in [1.82, 2.24) is 4.98 Å². The number of fused-ring (bicyclic) bond motifs is 1. The van der Waals surface area contributed by atoms with Gasteiger partial charge in [-0.25, -0.2) is 9.37 Å². The van der Waals surface area contributed by atoms with Gasteiger partial charge in [0, 0.05) is 16.8 Å². The fraction of sp³-hybridized carbons (Fsp3) is 0.0714. The van der Waals surface area contributed by atoms with Crippen LogP contribution in [0.25, 0.3) is 11.1 Å². The monoisotopic (exact) mass is 293 g/mol. The molecule has 5 heteroatoms. The van der Waals surface area contributed by atoms with Gasteiger partial charge in [0.15, 0.2) is 5.58 Å². The molecule has 1 aromatic heterocycles. The zero-order chi connectivity index (χ0) is 13.2. The Morgan fingerprint density at radius 1 is 1.16 bits per heavy atom. The highest BCUT2D eigenvalue weighted by atomic mass is 35.5. The average molecular weight is 294 g/mol. The molecule has 3 rings (SSSR count). The Morgan fingerprint density at radius 2 is 1.95 bits per heavy atom. The Hall–Kier alpha value is -1.52. The van der Waals surface area contributed by atoms with Gasteiger partial charge in [-0.15, -0.1) is 0 Å². The normalized spacial score (nSPS) is 11.1. The van der Waals surface area contributed by atoms with E-state index in [1.54, 1.807) is 24.3 Å². The summed E-state index contributed by atoms with van der Waals surface area (Å²) in [6.07, 6.45) is 0. The van der Waals surface area contributed by atoms with Gasteiger partial charge < -0.3 is 4.42 Å². The lowest BCUT2D eigenvalue weighted by Crippen LogP contribution is -1.81. The summed E-state index contributed by atoms with van der Waals surface area (Å²) < 4.78 is 18.4. The molecule has 0 bridgehead atoms. The third kappa shape index (κ3) is 2.91. The van der Waals surface area contributed by atoms with Crippen molar-refractivity contribution in [3.8, 4) is 0 Å². The Kier molecular flexibility index (Phi) is 3.44. The highest BCUT2D eigenvalue weighted by Gasteiger charge is 2.07. The third-order valence-electron chi connectivity index (χ3n) is 2.61. The smallest absolute Gasteiger partial charge is 0.257 e. The molecule has 3 aromatic rings. The molecule has 0 saturated heterocycles. The number of oxazole rings is 1. The molecule has 0 spiro atoms. The van der Waals surface area contributed by atoms with Gasteiger partial charge in [0.25, 0.3) is 5.22 Å². The Morgan fingerprint density at radius 3 is 2.74 bits per heavy atom. The molecule has 1 heterocycles. The topological polar surface area (TPSA) is 26.0 Å². The first-order valence-corrected chi connectivity index (χ1v) is 7.00. The second-order valence-electron chi connectivity index (χ2n) is 4.01. The molecular formula is C14H9ClFNOS. The summed E-state index contributed by atoms with van der Waals surface area (Å²) in [6, 6.07) is 11.7. The number of halogens is 2. The van der Waals surface area contributed by atoms with Crippen LogP contribution in [0.1, 0.15) is 5.56 Å². The number of nitrogens with zero attached hydrogens (tertiary/aromatic N) is 1. The summed E-state index contributed by atoms with van der Waals surface area (Å²) in [4.78, 5) is 4.35. The molecule has 2 nitrogen and oxygen atoms in total. The van der Waals surface area contributed by atoms with E-state index in [-0.39, 0.29) is 5.82 Å². The maximum Gasteiger partial charge on any atom is 0.257 e. The van der Waals surface area contributed by atoms with Crippen LogP contribution in [0.5, 0.6) is 0 Å². The summed E-state index contributed by atoms with van der Waals surface area (Å²) in [7, 11) is 0. The standard InChI is InChI=1S/C14H9ClFNOS/c15-10-3-6-12-13(7-10)18-14(17-12)19-8-9-1-4-11(16)5-2-9/h1-7H,8H2. The highest BCUT2D eigenvalue weighted by Crippen LogP contribution is 2.27. The number of benzene rings is 2. The van der Waals surface area contributed by atoms with Crippen LogP contribution in [-0.4, -0.2) is 4.98 Å². The quantitative estimate of drug-likeness (QED) is 0.642. The van der Waals surface area contributed by atoms with Crippen molar-refractivity contribution in [2.75, 3.05) is 0 Å². The molecule has 96 valence electrons. The van der Waals surface area contributed by atoms with E-state index in [4.69, 9.17) is 16.0 Å². The minimum atomic E-state index is -0.231. The number of thioether (sulfide) groups is 1. The molecule has 0 aliphatic rings. The van der Waals surface area contributed by atoms with Crippen LogP contribution in [0, 0.1) is 5.82 Å². The first-order valence-electron chi connectivity index (χ1n) is 5.64. The number of aromatic nitrogens is 1. The first-order chi connectivity index (χ1) is 9.20. The van der Waals surface area contributed by atoms with Crippen LogP contribution < -0.4 is 0 Å². The predicted molar refractivity (Wildman–Crippen MR) is 75.0 cm³/mol. The van der Waals surface area contributed by atoms with Gasteiger partial charge in [0.05, 0.1) is 0 Å². The first kappa shape index (κ1) is 12.5. The molecule has 0 saturated carbocycles. The van der Waals surface area contributed by atoms with Crippen molar-refractivity contribution in [2.45, 2.75) is 11.0 Å². The van der Waals surface area contributed by atoms with Crippen molar-refractivity contribution in [3.05, 3.63) is 58.9 Å². The van der Waals surface area contributed by atoms with E-state index in [2.05, 4.69) is 4.98 Å². The summed E-state index contributed by atoms with van der Waals surface area (Å²) >= 11 is 7.35. The van der Waals surface area contributed by atoms with Crippen molar-refractivity contribution in [3.63, 3.8) is 0 Å². The van der Waals surface area contributed by atoms with Gasteiger partial charge in [0.2, 0.25) is 0 Å². The van der Waals surface area contributed by atoms with Gasteiger partial charge >= 0.3 is 0 Å². The van der Waals surface area contributed by atoms with Gasteiger partial charge in [0.1, 0.15) is 11.3 Å². The zero-order valence-electron chi connectivity index (χ0n) is 9.77. The highest BCUT2D eigenvalue weighted by molar-refractivity contribution is 7.98. The van der Waals surface area contributed by atoms with Crippen LogP contribution in [0.2, 0.25) is 5.02 Å². The van der Waals surface area contributed by atoms with Gasteiger partial charge in [-0.2, -0.15) is 0 Å². The van der Waals surface area contributed by atoms with Crippen LogP contribution in [0.3, 0.4) is 0 Å². The van der Waals surface area contributed by atoms with Crippen molar-refractivity contribution in [2.24, 2.45) is 0 Å². The summed E-state index contributed by atoms with van der Waals surface area (Å²) in [5, 5.41) is 1.21. The minimum absolute atomic E-state index is 0.231. The lowest BCUT2D eigenvalue weighted by Gasteiger charge is -1.97. The molecule has 0 unspecified atom stereocenters. The van der Waals surface area contributed by atoms with Crippen LogP contribution in [0.4, 0.5) is 4.39 Å². The fourth-order valence-electron chi connectivity index (χ4n) is 1.66. The maximum absolute atomic E-state index is 12.8. The number of hydrogen-bond acceptors (Lipinski definition) is 3. The van der Waals surface area contributed by atoms with Gasteiger partial charge in [-0.05, 0) is 29.8 Å². The Labute approximate surface area is 118 Å². The Bertz CT molecular complexity index is 711. The van der Waals surface area contributed by atoms with Crippen molar-refractivity contribution in [1.29, 1.82) is 0 Å². The lowest BCUT2D eigenvalue weighted by molar-refractivity contribution is 0.489. The Balaban J connectivity index is 1.76. The summed E-state index contributed by atoms with van der Waals surface area (Å²) in [5.41, 5.74) is 2.48. The fourth-order valence-corrected chi connectivity index (χ4v) is 2.62. The van der Waals surface area contributed by atoms with E-state index in [1.165, 1.54) is 23.9 Å². The van der Waals surface area contributed by atoms with E-state index in [0.29, 0.717) is 21.6 Å². The van der Waals surface area contributed by atoms with Gasteiger partial charge in [-0.3, -0.25) is 0 Å². The largest absolute Gasteiger partial charge is 0.431 e. The number of hydrogen-bond donors (Lipinski definition) is 0. The molecule has 0 amide bonds. The third-order valence-corrected chi connectivity index (χ3v) is 3.74. The molecule has 0 atom stereocenters. The van der Waals surface area contributed by atoms with Crippen molar-refractivity contribution < 1.29 is 8.81 Å². The van der Waals surface area contributed by atoms with Crippen LogP contribution in [0.15, 0.2) is 52.1 Å². The van der Waals surface area contributed by atoms with Crippen LogP contribution in [-0.2, 0) is 5.75 Å². The van der Waals surface area contributed by atoms with Crippen LogP contribution >= 0.6 is 23.4 Å². The molecule has 0 aliphatic carbocycles. The lowest BCUT2D eigenvalue weighted by atomic mass is 10.2. The zero-order valence-corrected chi connectivity index (χ0v) is 11.3. The van der Waals surface area contributed by atoms with E-state index in [9.17, 15) is 4.39 Å². The van der Waals surface area contributed by atoms with Crippen molar-refractivity contribution >= 4 is 34.5 Å². The van der Waals surface area contributed by atoms with E-state index < -0.39 is 0 Å². The molecule has 0 N–H and O–H groups in total. The molecular weight excluding hydrogens is 285 g/mol. The number of rotatable bonds is 3. The SMILES string of the molecule is Fc1ccc(CSc2nc3ccc(Cl)cc3o2)cc1. The minimum Gasteiger partial charge on any atom is -0.431 e. The maximum atomic E-state index is 12.8. The van der Waals surface area contributed by atoms with E-state index in [0.717, 1.165) is 11.1 Å². The molecule has 19 heavy (non-hydrogen) atoms. The summed E-state index contributed by atoms with van der Waals surface area (Å²) in [5.74, 6) is 0.450.